The minimum atomic E-state index is -4.46. The predicted molar refractivity (Wildman–Crippen MR) is 61.9 cm³/mol. The summed E-state index contributed by atoms with van der Waals surface area (Å²) in [5, 5.41) is -0.150. The number of nitrogen functional groups attached to an aromatic ring is 1. The van der Waals surface area contributed by atoms with Crippen molar-refractivity contribution in [1.29, 1.82) is 0 Å². The van der Waals surface area contributed by atoms with Gasteiger partial charge in [-0.3, -0.25) is 0 Å². The normalized spacial score (nSPS) is 12.2. The summed E-state index contributed by atoms with van der Waals surface area (Å²) >= 11 is 0. The van der Waals surface area contributed by atoms with Gasteiger partial charge in [-0.05, 0) is 6.42 Å². The quantitative estimate of drug-likeness (QED) is 0.889. The van der Waals surface area contributed by atoms with Crippen LogP contribution in [0, 0.1) is 0 Å². The average Bonchev–Trinajstić information content (AvgIpc) is 2.70. The van der Waals surface area contributed by atoms with Crippen molar-refractivity contribution in [3.63, 3.8) is 0 Å². The van der Waals surface area contributed by atoms with Gasteiger partial charge in [-0.25, -0.2) is 9.97 Å². The highest BCUT2D eigenvalue weighted by Gasteiger charge is 2.35. The summed E-state index contributed by atoms with van der Waals surface area (Å²) in [7, 11) is 0. The third-order valence-electron chi connectivity index (χ3n) is 2.67. The molecule has 0 aromatic carbocycles. The van der Waals surface area contributed by atoms with E-state index in [-0.39, 0.29) is 16.9 Å². The Labute approximate surface area is 101 Å². The first kappa shape index (κ1) is 12.7. The molecule has 0 unspecified atom stereocenters. The molecule has 2 aromatic rings. The van der Waals surface area contributed by atoms with Crippen molar-refractivity contribution in [3.8, 4) is 0 Å². The lowest BCUT2D eigenvalue weighted by atomic mass is 10.2. The molecule has 2 rings (SSSR count). The number of aromatic nitrogens is 3. The van der Waals surface area contributed by atoms with Gasteiger partial charge in [-0.15, -0.1) is 0 Å². The van der Waals surface area contributed by atoms with Gasteiger partial charge in [0.05, 0.1) is 10.9 Å². The lowest BCUT2D eigenvalue weighted by Gasteiger charge is -2.06. The van der Waals surface area contributed by atoms with E-state index in [0.29, 0.717) is 12.2 Å². The molecule has 0 spiro atoms. The Morgan fingerprint density at radius 2 is 2.06 bits per heavy atom. The van der Waals surface area contributed by atoms with Crippen LogP contribution in [0.3, 0.4) is 0 Å². The summed E-state index contributed by atoms with van der Waals surface area (Å²) in [5.74, 6) is 0.345. The van der Waals surface area contributed by atoms with Crippen molar-refractivity contribution in [2.24, 2.45) is 0 Å². The topological polar surface area (TPSA) is 67.6 Å². The van der Waals surface area contributed by atoms with E-state index in [1.807, 2.05) is 6.92 Å². The number of fused-ring (bicyclic) bond motifs is 1. The zero-order valence-corrected chi connectivity index (χ0v) is 9.80. The van der Waals surface area contributed by atoms with Crippen molar-refractivity contribution in [1.82, 2.24) is 15.0 Å². The Bertz CT molecular complexity index is 559. The van der Waals surface area contributed by atoms with Crippen LogP contribution in [-0.4, -0.2) is 15.0 Å². The molecule has 2 heterocycles. The highest BCUT2D eigenvalue weighted by atomic mass is 19.4. The largest absolute Gasteiger partial charge is 0.418 e. The summed E-state index contributed by atoms with van der Waals surface area (Å²) < 4.78 is 38.1. The van der Waals surface area contributed by atoms with Crippen LogP contribution in [0.25, 0.3) is 11.0 Å². The maximum Gasteiger partial charge on any atom is 0.418 e. The Hall–Kier alpha value is -1.79. The smallest absolute Gasteiger partial charge is 0.383 e. The zero-order chi connectivity index (χ0) is 13.3. The Morgan fingerprint density at radius 3 is 2.67 bits per heavy atom. The van der Waals surface area contributed by atoms with Gasteiger partial charge in [0.15, 0.2) is 0 Å². The molecule has 2 aromatic heterocycles. The standard InChI is InChI=1S/C11H13F3N4/c1-2-3-4-7-17-9(15)8-6(11(12,13)14)5-16-10(8)18-7/h5H,2-4H2,1H3,(H3,15,16,17,18). The van der Waals surface area contributed by atoms with E-state index < -0.39 is 11.7 Å². The molecular weight excluding hydrogens is 245 g/mol. The maximum atomic E-state index is 12.7. The van der Waals surface area contributed by atoms with Gasteiger partial charge < -0.3 is 10.7 Å². The van der Waals surface area contributed by atoms with Crippen LogP contribution in [0.5, 0.6) is 0 Å². The molecule has 18 heavy (non-hydrogen) atoms. The molecule has 98 valence electrons. The fourth-order valence-corrected chi connectivity index (χ4v) is 1.78. The first-order valence-corrected chi connectivity index (χ1v) is 5.64. The Balaban J connectivity index is 2.50. The van der Waals surface area contributed by atoms with E-state index >= 15 is 0 Å². The summed E-state index contributed by atoms with van der Waals surface area (Å²) in [6, 6.07) is 0. The summed E-state index contributed by atoms with van der Waals surface area (Å²) in [5.41, 5.74) is 4.92. The number of aryl methyl sites for hydroxylation is 1. The molecule has 7 heteroatoms. The molecule has 0 aliphatic heterocycles. The van der Waals surface area contributed by atoms with Crippen molar-refractivity contribution in [3.05, 3.63) is 17.6 Å². The number of rotatable bonds is 3. The number of alkyl halides is 3. The highest BCUT2D eigenvalue weighted by Crippen LogP contribution is 2.36. The van der Waals surface area contributed by atoms with E-state index in [0.717, 1.165) is 19.0 Å². The minimum absolute atomic E-state index is 0.125. The second kappa shape index (κ2) is 4.47. The fourth-order valence-electron chi connectivity index (χ4n) is 1.78. The number of anilines is 1. The fraction of sp³-hybridized carbons (Fsp3) is 0.455. The molecule has 0 atom stereocenters. The van der Waals surface area contributed by atoms with Crippen molar-refractivity contribution >= 4 is 16.9 Å². The summed E-state index contributed by atoms with van der Waals surface area (Å²) in [6.45, 7) is 2.01. The van der Waals surface area contributed by atoms with Crippen LogP contribution in [-0.2, 0) is 12.6 Å². The van der Waals surface area contributed by atoms with E-state index in [1.54, 1.807) is 0 Å². The van der Waals surface area contributed by atoms with E-state index in [9.17, 15) is 13.2 Å². The molecule has 0 saturated carbocycles. The van der Waals surface area contributed by atoms with Gasteiger partial charge in [-0.2, -0.15) is 13.2 Å². The molecule has 0 bridgehead atoms. The van der Waals surface area contributed by atoms with Crippen molar-refractivity contribution in [2.75, 3.05) is 5.73 Å². The number of nitrogens with two attached hydrogens (primary N) is 1. The number of hydrogen-bond acceptors (Lipinski definition) is 3. The summed E-state index contributed by atoms with van der Waals surface area (Å²) in [4.78, 5) is 10.5. The van der Waals surface area contributed by atoms with E-state index in [2.05, 4.69) is 15.0 Å². The molecule has 0 aliphatic rings. The maximum absolute atomic E-state index is 12.7. The molecular formula is C11H13F3N4. The van der Waals surface area contributed by atoms with Gasteiger partial charge >= 0.3 is 6.18 Å². The lowest BCUT2D eigenvalue weighted by molar-refractivity contribution is -0.136. The monoisotopic (exact) mass is 258 g/mol. The van der Waals surface area contributed by atoms with Crippen LogP contribution < -0.4 is 5.73 Å². The third kappa shape index (κ3) is 2.25. The SMILES string of the molecule is CCCCc1nc(N)c2c(C(F)(F)F)c[nH]c2n1. The van der Waals surface area contributed by atoms with Gasteiger partial charge in [-0.1, -0.05) is 13.3 Å². The summed E-state index contributed by atoms with van der Waals surface area (Å²) in [6.07, 6.45) is -1.14. The van der Waals surface area contributed by atoms with Crippen LogP contribution in [0.4, 0.5) is 19.0 Å². The second-order valence-corrected chi connectivity index (χ2v) is 4.05. The van der Waals surface area contributed by atoms with Crippen LogP contribution in [0.15, 0.2) is 6.20 Å². The predicted octanol–water partition coefficient (Wildman–Crippen LogP) is 2.90. The average molecular weight is 258 g/mol. The molecule has 0 radical (unpaired) electrons. The molecule has 0 aliphatic carbocycles. The van der Waals surface area contributed by atoms with Crippen LogP contribution in [0.1, 0.15) is 31.2 Å². The molecule has 0 saturated heterocycles. The number of aromatic amines is 1. The van der Waals surface area contributed by atoms with Gasteiger partial charge in [0.2, 0.25) is 0 Å². The first-order chi connectivity index (χ1) is 8.43. The van der Waals surface area contributed by atoms with Crippen LogP contribution in [0.2, 0.25) is 0 Å². The number of halogens is 3. The van der Waals surface area contributed by atoms with Crippen LogP contribution >= 0.6 is 0 Å². The van der Waals surface area contributed by atoms with E-state index in [4.69, 9.17) is 5.73 Å². The molecule has 3 N–H and O–H groups in total. The molecule has 4 nitrogen and oxygen atoms in total. The number of unbranched alkanes of at least 4 members (excludes halogenated alkanes) is 1. The number of nitrogens with one attached hydrogen (secondary N) is 1. The zero-order valence-electron chi connectivity index (χ0n) is 9.80. The number of nitrogens with zero attached hydrogens (tertiary/aromatic N) is 2. The molecule has 0 amide bonds. The number of hydrogen-bond donors (Lipinski definition) is 2. The number of H-pyrrole nitrogens is 1. The van der Waals surface area contributed by atoms with E-state index in [1.165, 1.54) is 0 Å². The molecule has 0 fully saturated rings. The lowest BCUT2D eigenvalue weighted by Crippen LogP contribution is -2.07. The second-order valence-electron chi connectivity index (χ2n) is 4.05. The van der Waals surface area contributed by atoms with Crippen molar-refractivity contribution in [2.45, 2.75) is 32.4 Å². The third-order valence-corrected chi connectivity index (χ3v) is 2.67. The van der Waals surface area contributed by atoms with Gasteiger partial charge in [0.25, 0.3) is 0 Å². The van der Waals surface area contributed by atoms with Gasteiger partial charge in [0.1, 0.15) is 17.3 Å². The Kier molecular flexibility index (Phi) is 3.14. The minimum Gasteiger partial charge on any atom is -0.383 e. The highest BCUT2D eigenvalue weighted by molar-refractivity contribution is 5.89. The first-order valence-electron chi connectivity index (χ1n) is 5.64. The Morgan fingerprint density at radius 1 is 1.33 bits per heavy atom. The van der Waals surface area contributed by atoms with Gasteiger partial charge in [0, 0.05) is 12.6 Å². The van der Waals surface area contributed by atoms with Crippen molar-refractivity contribution < 1.29 is 13.2 Å².